The number of hydrogen-bond donors (Lipinski definition) is 1. The van der Waals surface area contributed by atoms with Crippen molar-refractivity contribution in [3.05, 3.63) is 65.1 Å². The molecule has 5 nitrogen and oxygen atoms in total. The molecule has 3 aromatic heterocycles. The fourth-order valence-electron chi connectivity index (χ4n) is 2.52. The van der Waals surface area contributed by atoms with Gasteiger partial charge < -0.3 is 0 Å². The van der Waals surface area contributed by atoms with Crippen LogP contribution in [0.25, 0.3) is 21.9 Å². The average molecular weight is 369 g/mol. The molecule has 1 amide bonds. The van der Waals surface area contributed by atoms with Gasteiger partial charge in [-0.05, 0) is 42.8 Å². The second kappa shape index (κ2) is 6.31. The van der Waals surface area contributed by atoms with E-state index in [4.69, 9.17) is 11.6 Å². The van der Waals surface area contributed by atoms with Crippen molar-refractivity contribution >= 4 is 55.9 Å². The van der Waals surface area contributed by atoms with Crippen LogP contribution >= 0.6 is 22.9 Å². The number of halogens is 1. The Morgan fingerprint density at radius 3 is 3.04 bits per heavy atom. The molecule has 4 aromatic rings. The Hall–Kier alpha value is -2.70. The third-order valence-corrected chi connectivity index (χ3v) is 4.90. The third-order valence-electron chi connectivity index (χ3n) is 3.69. The van der Waals surface area contributed by atoms with Crippen LogP contribution in [0, 0.1) is 6.92 Å². The Labute approximate surface area is 152 Å². The van der Waals surface area contributed by atoms with Crippen LogP contribution < -0.4 is 5.32 Å². The van der Waals surface area contributed by atoms with Gasteiger partial charge >= 0.3 is 0 Å². The van der Waals surface area contributed by atoms with Crippen molar-refractivity contribution in [3.63, 3.8) is 0 Å². The second-order valence-corrected chi connectivity index (χ2v) is 6.92. The molecule has 3 heterocycles. The lowest BCUT2D eigenvalue weighted by Crippen LogP contribution is -2.07. The van der Waals surface area contributed by atoms with Crippen molar-refractivity contribution in [2.24, 2.45) is 0 Å². The summed E-state index contributed by atoms with van der Waals surface area (Å²) in [6, 6.07) is 11.6. The number of fused-ring (bicyclic) bond motifs is 2. The van der Waals surface area contributed by atoms with E-state index >= 15 is 0 Å². The molecule has 25 heavy (non-hydrogen) atoms. The number of amides is 1. The number of nitrogens with zero attached hydrogens (tertiary/aromatic N) is 3. The highest BCUT2D eigenvalue weighted by molar-refractivity contribution is 7.22. The molecular formula is C18H13ClN4OS. The first-order valence-electron chi connectivity index (χ1n) is 7.59. The molecule has 0 aliphatic heterocycles. The Morgan fingerprint density at radius 2 is 2.16 bits per heavy atom. The standard InChI is InChI=1S/C18H13ClN4OS/c1-11-5-6-12-14(10-11)25-18(20-12)22-16(24)8-7-13-17(19)21-15-4-2-3-9-23(13)15/h2-10H,1H3,(H,20,22,24)/b8-7+. The van der Waals surface area contributed by atoms with Gasteiger partial charge in [-0.15, -0.1) is 0 Å². The van der Waals surface area contributed by atoms with Gasteiger partial charge in [0.05, 0.1) is 15.9 Å². The quantitative estimate of drug-likeness (QED) is 0.539. The number of aryl methyl sites for hydroxylation is 1. The number of imidazole rings is 1. The number of thiazole rings is 1. The lowest BCUT2D eigenvalue weighted by molar-refractivity contribution is -0.111. The van der Waals surface area contributed by atoms with Crippen LogP contribution in [0.2, 0.25) is 5.15 Å². The highest BCUT2D eigenvalue weighted by Gasteiger charge is 2.09. The Balaban J connectivity index is 1.56. The number of rotatable bonds is 3. The third kappa shape index (κ3) is 3.14. The van der Waals surface area contributed by atoms with Crippen molar-refractivity contribution < 1.29 is 4.79 Å². The predicted octanol–water partition coefficient (Wildman–Crippen LogP) is 4.56. The molecule has 4 rings (SSSR count). The zero-order valence-electron chi connectivity index (χ0n) is 13.2. The molecule has 0 aliphatic rings. The highest BCUT2D eigenvalue weighted by atomic mass is 35.5. The van der Waals surface area contributed by atoms with Crippen molar-refractivity contribution in [2.75, 3.05) is 5.32 Å². The molecule has 0 unspecified atom stereocenters. The molecule has 0 radical (unpaired) electrons. The Kier molecular flexibility index (Phi) is 3.99. The summed E-state index contributed by atoms with van der Waals surface area (Å²) >= 11 is 7.60. The molecule has 0 spiro atoms. The molecule has 1 N–H and O–H groups in total. The van der Waals surface area contributed by atoms with E-state index < -0.39 is 0 Å². The average Bonchev–Trinajstić information content (AvgIpc) is 3.11. The van der Waals surface area contributed by atoms with E-state index in [1.165, 1.54) is 17.4 Å². The fraction of sp³-hybridized carbons (Fsp3) is 0.0556. The Morgan fingerprint density at radius 1 is 1.28 bits per heavy atom. The van der Waals surface area contributed by atoms with Gasteiger partial charge in [-0.25, -0.2) is 9.97 Å². The topological polar surface area (TPSA) is 59.3 Å². The van der Waals surface area contributed by atoms with Crippen LogP contribution in [-0.4, -0.2) is 20.3 Å². The van der Waals surface area contributed by atoms with Gasteiger partial charge in [-0.1, -0.05) is 35.1 Å². The lowest BCUT2D eigenvalue weighted by Gasteiger charge is -1.97. The molecule has 124 valence electrons. The van der Waals surface area contributed by atoms with Crippen LogP contribution in [0.1, 0.15) is 11.3 Å². The van der Waals surface area contributed by atoms with E-state index in [2.05, 4.69) is 21.4 Å². The molecule has 0 bridgehead atoms. The fourth-order valence-corrected chi connectivity index (χ4v) is 3.73. The number of anilines is 1. The number of benzene rings is 1. The lowest BCUT2D eigenvalue weighted by atomic mass is 10.2. The molecular weight excluding hydrogens is 356 g/mol. The highest BCUT2D eigenvalue weighted by Crippen LogP contribution is 2.26. The maximum atomic E-state index is 12.2. The number of nitrogens with one attached hydrogen (secondary N) is 1. The van der Waals surface area contributed by atoms with Gasteiger partial charge in [-0.2, -0.15) is 0 Å². The minimum Gasteiger partial charge on any atom is -0.299 e. The van der Waals surface area contributed by atoms with E-state index in [1.807, 2.05) is 47.9 Å². The molecule has 0 aliphatic carbocycles. The van der Waals surface area contributed by atoms with Gasteiger partial charge in [0.2, 0.25) is 5.91 Å². The first-order chi connectivity index (χ1) is 12.1. The van der Waals surface area contributed by atoms with Crippen LogP contribution in [0.3, 0.4) is 0 Å². The van der Waals surface area contributed by atoms with Crippen molar-refractivity contribution in [1.29, 1.82) is 0 Å². The molecule has 0 saturated heterocycles. The summed E-state index contributed by atoms with van der Waals surface area (Å²) in [4.78, 5) is 20.9. The summed E-state index contributed by atoms with van der Waals surface area (Å²) in [5.41, 5.74) is 3.43. The minimum absolute atomic E-state index is 0.266. The van der Waals surface area contributed by atoms with Crippen molar-refractivity contribution in [1.82, 2.24) is 14.4 Å². The number of carbonyl (C=O) groups is 1. The van der Waals surface area contributed by atoms with Crippen LogP contribution in [0.15, 0.2) is 48.7 Å². The molecule has 0 saturated carbocycles. The smallest absolute Gasteiger partial charge is 0.250 e. The number of aromatic nitrogens is 3. The van der Waals surface area contributed by atoms with Gasteiger partial charge in [0, 0.05) is 12.3 Å². The van der Waals surface area contributed by atoms with Crippen LogP contribution in [-0.2, 0) is 4.79 Å². The van der Waals surface area contributed by atoms with Crippen LogP contribution in [0.5, 0.6) is 0 Å². The Bertz CT molecular complexity index is 1130. The summed E-state index contributed by atoms with van der Waals surface area (Å²) in [6.45, 7) is 2.03. The predicted molar refractivity (Wildman–Crippen MR) is 102 cm³/mol. The zero-order valence-corrected chi connectivity index (χ0v) is 14.8. The normalized spacial score (nSPS) is 11.6. The molecule has 0 fully saturated rings. The number of hydrogen-bond acceptors (Lipinski definition) is 4. The van der Waals surface area contributed by atoms with Gasteiger partial charge in [0.1, 0.15) is 5.65 Å². The largest absolute Gasteiger partial charge is 0.299 e. The number of carbonyl (C=O) groups excluding carboxylic acids is 1. The molecule has 7 heteroatoms. The zero-order chi connectivity index (χ0) is 17.4. The van der Waals surface area contributed by atoms with Gasteiger partial charge in [0.25, 0.3) is 0 Å². The maximum absolute atomic E-state index is 12.2. The summed E-state index contributed by atoms with van der Waals surface area (Å²) in [7, 11) is 0. The first-order valence-corrected chi connectivity index (χ1v) is 8.78. The number of pyridine rings is 1. The van der Waals surface area contributed by atoms with E-state index in [-0.39, 0.29) is 5.91 Å². The molecule has 0 atom stereocenters. The van der Waals surface area contributed by atoms with Crippen LogP contribution in [0.4, 0.5) is 5.13 Å². The van der Waals surface area contributed by atoms with E-state index in [0.29, 0.717) is 16.0 Å². The van der Waals surface area contributed by atoms with Gasteiger partial charge in [-0.3, -0.25) is 14.5 Å². The summed E-state index contributed by atoms with van der Waals surface area (Å²) in [5.74, 6) is -0.266. The van der Waals surface area contributed by atoms with Crippen molar-refractivity contribution in [3.8, 4) is 0 Å². The summed E-state index contributed by atoms with van der Waals surface area (Å²) in [5, 5.41) is 3.71. The van der Waals surface area contributed by atoms with E-state index in [0.717, 1.165) is 21.4 Å². The maximum Gasteiger partial charge on any atom is 0.250 e. The monoisotopic (exact) mass is 368 g/mol. The summed E-state index contributed by atoms with van der Waals surface area (Å²) < 4.78 is 2.87. The van der Waals surface area contributed by atoms with E-state index in [1.54, 1.807) is 6.08 Å². The molecule has 1 aromatic carbocycles. The van der Waals surface area contributed by atoms with Gasteiger partial charge in [0.15, 0.2) is 10.3 Å². The summed E-state index contributed by atoms with van der Waals surface area (Å²) in [6.07, 6.45) is 4.93. The van der Waals surface area contributed by atoms with Crippen molar-refractivity contribution in [2.45, 2.75) is 6.92 Å². The first kappa shape index (κ1) is 15.8. The second-order valence-electron chi connectivity index (χ2n) is 5.53. The SMILES string of the molecule is Cc1ccc2nc(NC(=O)/C=C/c3c(Cl)nc4ccccn34)sc2c1. The minimum atomic E-state index is -0.266. The van der Waals surface area contributed by atoms with E-state index in [9.17, 15) is 4.79 Å².